The average Bonchev–Trinajstić information content (AvgIpc) is 2.01. The average molecular weight is 183 g/mol. The molecule has 1 rings (SSSR count). The van der Waals surface area contributed by atoms with Crippen LogP contribution >= 0.6 is 0 Å². The number of aryl methyl sites for hydroxylation is 1. The van der Waals surface area contributed by atoms with Gasteiger partial charge in [-0.15, -0.1) is 0 Å². The van der Waals surface area contributed by atoms with Crippen LogP contribution in [0.5, 0.6) is 0 Å². The van der Waals surface area contributed by atoms with E-state index in [4.69, 9.17) is 5.73 Å². The molecule has 0 aliphatic heterocycles. The monoisotopic (exact) mass is 183 g/mol. The first-order valence-corrected chi connectivity index (χ1v) is 4.21. The molecule has 3 heteroatoms. The molecule has 0 radical (unpaired) electrons. The molecule has 72 valence electrons. The van der Waals surface area contributed by atoms with Gasteiger partial charge >= 0.3 is 0 Å². The molecule has 0 saturated heterocycles. The smallest absolute Gasteiger partial charge is 0.123 e. The molecular weight excluding hydrogens is 169 g/mol. The van der Waals surface area contributed by atoms with Gasteiger partial charge in [0.2, 0.25) is 0 Å². The van der Waals surface area contributed by atoms with Crippen LogP contribution in [0.3, 0.4) is 0 Å². The van der Waals surface area contributed by atoms with E-state index < -0.39 is 12.1 Å². The van der Waals surface area contributed by atoms with Crippen LogP contribution in [0.4, 0.5) is 4.39 Å². The van der Waals surface area contributed by atoms with E-state index in [9.17, 15) is 9.50 Å². The molecule has 0 spiro atoms. The van der Waals surface area contributed by atoms with Gasteiger partial charge in [-0.1, -0.05) is 6.07 Å². The number of benzene rings is 1. The van der Waals surface area contributed by atoms with E-state index in [-0.39, 0.29) is 5.82 Å². The Balaban J connectivity index is 3.01. The number of aliphatic hydroxyl groups excluding tert-OH is 1. The Bertz CT molecular complexity index is 279. The zero-order valence-electron chi connectivity index (χ0n) is 7.79. The van der Waals surface area contributed by atoms with Gasteiger partial charge in [0, 0.05) is 0 Å². The normalized spacial score (nSPS) is 15.5. The molecule has 1 aromatic rings. The maximum atomic E-state index is 12.9. The first-order valence-electron chi connectivity index (χ1n) is 4.21. The molecule has 0 saturated carbocycles. The summed E-state index contributed by atoms with van der Waals surface area (Å²) < 4.78 is 12.9. The number of rotatable bonds is 2. The Kier molecular flexibility index (Phi) is 3.01. The van der Waals surface area contributed by atoms with E-state index in [1.807, 2.05) is 0 Å². The molecule has 0 aliphatic rings. The van der Waals surface area contributed by atoms with Crippen LogP contribution in [0.25, 0.3) is 0 Å². The van der Waals surface area contributed by atoms with E-state index in [1.165, 1.54) is 12.1 Å². The largest absolute Gasteiger partial charge is 0.391 e. The van der Waals surface area contributed by atoms with E-state index in [2.05, 4.69) is 0 Å². The van der Waals surface area contributed by atoms with Crippen LogP contribution in [0.1, 0.15) is 24.1 Å². The van der Waals surface area contributed by atoms with Crippen molar-refractivity contribution in [3.8, 4) is 0 Å². The third-order valence-electron chi connectivity index (χ3n) is 1.97. The maximum Gasteiger partial charge on any atom is 0.123 e. The third kappa shape index (κ3) is 2.50. The number of hydrogen-bond acceptors (Lipinski definition) is 2. The van der Waals surface area contributed by atoms with Gasteiger partial charge in [0.15, 0.2) is 0 Å². The van der Waals surface area contributed by atoms with Crippen molar-refractivity contribution in [3.63, 3.8) is 0 Å². The molecule has 2 atom stereocenters. The van der Waals surface area contributed by atoms with Gasteiger partial charge in [-0.3, -0.25) is 0 Å². The standard InChI is InChI=1S/C10H14FNO/c1-6-3-8(5-9(11)4-6)10(12)7(2)13/h3-5,7,10,13H,12H2,1-2H3/t7-,10+/m0/s1. The minimum absolute atomic E-state index is 0.314. The Morgan fingerprint density at radius 3 is 2.46 bits per heavy atom. The van der Waals surface area contributed by atoms with Gasteiger partial charge < -0.3 is 10.8 Å². The summed E-state index contributed by atoms with van der Waals surface area (Å²) in [6, 6.07) is 4.04. The highest BCUT2D eigenvalue weighted by Gasteiger charge is 2.12. The summed E-state index contributed by atoms with van der Waals surface area (Å²) in [7, 11) is 0. The van der Waals surface area contributed by atoms with Gasteiger partial charge in [-0.2, -0.15) is 0 Å². The minimum atomic E-state index is -0.666. The first kappa shape index (κ1) is 10.2. The lowest BCUT2D eigenvalue weighted by atomic mass is 10.0. The first-order chi connectivity index (χ1) is 6.00. The van der Waals surface area contributed by atoms with Crippen molar-refractivity contribution in [1.82, 2.24) is 0 Å². The van der Waals surface area contributed by atoms with E-state index in [1.54, 1.807) is 19.9 Å². The summed E-state index contributed by atoms with van der Waals surface area (Å²) >= 11 is 0. The Morgan fingerprint density at radius 1 is 1.38 bits per heavy atom. The van der Waals surface area contributed by atoms with E-state index in [0.717, 1.165) is 5.56 Å². The second-order valence-electron chi connectivity index (χ2n) is 3.33. The second kappa shape index (κ2) is 3.85. The SMILES string of the molecule is Cc1cc(F)cc([C@H](N)[C@H](C)O)c1. The molecule has 0 unspecified atom stereocenters. The van der Waals surface area contributed by atoms with Crippen LogP contribution in [0.2, 0.25) is 0 Å². The van der Waals surface area contributed by atoms with E-state index >= 15 is 0 Å². The predicted octanol–water partition coefficient (Wildman–Crippen LogP) is 1.51. The number of halogens is 1. The Labute approximate surface area is 77.2 Å². The van der Waals surface area contributed by atoms with Crippen LogP contribution in [-0.4, -0.2) is 11.2 Å². The lowest BCUT2D eigenvalue weighted by molar-refractivity contribution is 0.164. The van der Waals surface area contributed by atoms with Crippen molar-refractivity contribution in [2.45, 2.75) is 26.0 Å². The van der Waals surface area contributed by atoms with Crippen LogP contribution in [0, 0.1) is 12.7 Å². The molecule has 0 aliphatic carbocycles. The van der Waals surface area contributed by atoms with E-state index in [0.29, 0.717) is 5.56 Å². The van der Waals surface area contributed by atoms with Gasteiger partial charge in [-0.25, -0.2) is 4.39 Å². The highest BCUT2D eigenvalue weighted by Crippen LogP contribution is 2.17. The highest BCUT2D eigenvalue weighted by atomic mass is 19.1. The topological polar surface area (TPSA) is 46.2 Å². The van der Waals surface area contributed by atoms with Crippen molar-refractivity contribution in [2.75, 3.05) is 0 Å². The molecule has 0 heterocycles. The lowest BCUT2D eigenvalue weighted by Crippen LogP contribution is -2.23. The molecule has 0 bridgehead atoms. The summed E-state index contributed by atoms with van der Waals surface area (Å²) in [5.41, 5.74) is 7.10. The van der Waals surface area contributed by atoms with Crippen LogP contribution < -0.4 is 5.73 Å². The Morgan fingerprint density at radius 2 is 2.00 bits per heavy atom. The van der Waals surface area contributed by atoms with Crippen LogP contribution in [0.15, 0.2) is 18.2 Å². The van der Waals surface area contributed by atoms with Gasteiger partial charge in [0.25, 0.3) is 0 Å². The van der Waals surface area contributed by atoms with Crippen molar-refractivity contribution in [2.24, 2.45) is 5.73 Å². The highest BCUT2D eigenvalue weighted by molar-refractivity contribution is 5.26. The van der Waals surface area contributed by atoms with Crippen LogP contribution in [-0.2, 0) is 0 Å². The summed E-state index contributed by atoms with van der Waals surface area (Å²) in [5.74, 6) is -0.314. The molecule has 3 N–H and O–H groups in total. The fourth-order valence-electron chi connectivity index (χ4n) is 1.24. The molecule has 13 heavy (non-hydrogen) atoms. The summed E-state index contributed by atoms with van der Waals surface area (Å²) in [6.45, 7) is 3.38. The molecular formula is C10H14FNO. The molecule has 1 aromatic carbocycles. The number of nitrogens with two attached hydrogens (primary N) is 1. The molecule has 0 fully saturated rings. The van der Waals surface area contributed by atoms with Crippen molar-refractivity contribution in [1.29, 1.82) is 0 Å². The van der Waals surface area contributed by atoms with Gasteiger partial charge in [0.05, 0.1) is 12.1 Å². The summed E-state index contributed by atoms with van der Waals surface area (Å²) in [6.07, 6.45) is -0.666. The Hall–Kier alpha value is -0.930. The summed E-state index contributed by atoms with van der Waals surface area (Å²) in [4.78, 5) is 0. The summed E-state index contributed by atoms with van der Waals surface area (Å²) in [5, 5.41) is 9.21. The zero-order chi connectivity index (χ0) is 10.0. The minimum Gasteiger partial charge on any atom is -0.391 e. The predicted molar refractivity (Wildman–Crippen MR) is 49.7 cm³/mol. The molecule has 0 amide bonds. The van der Waals surface area contributed by atoms with Crippen molar-refractivity contribution in [3.05, 3.63) is 35.1 Å². The molecule has 0 aromatic heterocycles. The number of hydrogen-bond donors (Lipinski definition) is 2. The fourth-order valence-corrected chi connectivity index (χ4v) is 1.24. The van der Waals surface area contributed by atoms with Crippen molar-refractivity contribution < 1.29 is 9.50 Å². The van der Waals surface area contributed by atoms with Crippen molar-refractivity contribution >= 4 is 0 Å². The second-order valence-corrected chi connectivity index (χ2v) is 3.33. The zero-order valence-corrected chi connectivity index (χ0v) is 7.79. The maximum absolute atomic E-state index is 12.9. The molecule has 2 nitrogen and oxygen atoms in total. The number of aliphatic hydroxyl groups is 1. The van der Waals surface area contributed by atoms with Gasteiger partial charge in [0.1, 0.15) is 5.82 Å². The third-order valence-corrected chi connectivity index (χ3v) is 1.97. The quantitative estimate of drug-likeness (QED) is 0.730. The van der Waals surface area contributed by atoms with Gasteiger partial charge in [-0.05, 0) is 37.1 Å². The fraction of sp³-hybridized carbons (Fsp3) is 0.400. The lowest BCUT2D eigenvalue weighted by Gasteiger charge is -2.15.